The van der Waals surface area contributed by atoms with Crippen LogP contribution in [0, 0.1) is 0 Å². The van der Waals surface area contributed by atoms with E-state index in [9.17, 15) is 5.11 Å². The zero-order valence-electron chi connectivity index (χ0n) is 10.0. The molecule has 0 saturated heterocycles. The predicted molar refractivity (Wildman–Crippen MR) is 78.5 cm³/mol. The molecule has 0 fully saturated rings. The molecule has 4 heteroatoms. The highest BCUT2D eigenvalue weighted by atomic mass is 79.9. The van der Waals surface area contributed by atoms with Crippen molar-refractivity contribution in [1.29, 1.82) is 0 Å². The Morgan fingerprint density at radius 2 is 2.05 bits per heavy atom. The Balaban J connectivity index is 1.95. The summed E-state index contributed by atoms with van der Waals surface area (Å²) >= 11 is 9.40. The fourth-order valence-electron chi connectivity index (χ4n) is 2.33. The standard InChI is InChI=1S/C15H12BrClO2/c16-10-4-5-14-12(7-10)13(18)8-15(19-14)9-2-1-3-11(17)6-9/h1-7,13,15,18H,8H2. The van der Waals surface area contributed by atoms with Crippen molar-refractivity contribution in [1.82, 2.24) is 0 Å². The van der Waals surface area contributed by atoms with E-state index in [1.165, 1.54) is 0 Å². The van der Waals surface area contributed by atoms with Gasteiger partial charge in [0.25, 0.3) is 0 Å². The molecule has 0 aromatic heterocycles. The number of halogens is 2. The van der Waals surface area contributed by atoms with Gasteiger partial charge in [-0.2, -0.15) is 0 Å². The summed E-state index contributed by atoms with van der Waals surface area (Å²) in [7, 11) is 0. The van der Waals surface area contributed by atoms with Gasteiger partial charge in [0.1, 0.15) is 11.9 Å². The molecule has 3 rings (SSSR count). The highest BCUT2D eigenvalue weighted by Crippen LogP contribution is 2.41. The summed E-state index contributed by atoms with van der Waals surface area (Å²) < 4.78 is 6.90. The van der Waals surface area contributed by atoms with Gasteiger partial charge >= 0.3 is 0 Å². The molecule has 1 aliphatic rings. The van der Waals surface area contributed by atoms with E-state index >= 15 is 0 Å². The van der Waals surface area contributed by atoms with Crippen molar-refractivity contribution < 1.29 is 9.84 Å². The van der Waals surface area contributed by atoms with E-state index in [0.717, 1.165) is 21.3 Å². The zero-order valence-corrected chi connectivity index (χ0v) is 12.4. The van der Waals surface area contributed by atoms with E-state index in [1.54, 1.807) is 0 Å². The van der Waals surface area contributed by atoms with Crippen LogP contribution in [0.3, 0.4) is 0 Å². The lowest BCUT2D eigenvalue weighted by Crippen LogP contribution is -2.19. The lowest BCUT2D eigenvalue weighted by molar-refractivity contribution is 0.0657. The minimum Gasteiger partial charge on any atom is -0.485 e. The molecule has 0 amide bonds. The maximum atomic E-state index is 10.3. The van der Waals surface area contributed by atoms with Crippen LogP contribution in [0.5, 0.6) is 5.75 Å². The predicted octanol–water partition coefficient (Wildman–Crippen LogP) is 4.66. The number of fused-ring (bicyclic) bond motifs is 1. The quantitative estimate of drug-likeness (QED) is 0.819. The lowest BCUT2D eigenvalue weighted by atomic mass is 9.95. The fraction of sp³-hybridized carbons (Fsp3) is 0.200. The van der Waals surface area contributed by atoms with Crippen molar-refractivity contribution in [2.24, 2.45) is 0 Å². The Kier molecular flexibility index (Phi) is 3.52. The molecule has 0 spiro atoms. The van der Waals surface area contributed by atoms with Crippen LogP contribution in [0.15, 0.2) is 46.9 Å². The Morgan fingerprint density at radius 1 is 1.21 bits per heavy atom. The number of rotatable bonds is 1. The summed E-state index contributed by atoms with van der Waals surface area (Å²) in [6, 6.07) is 13.2. The number of aliphatic hydroxyl groups excluding tert-OH is 1. The SMILES string of the molecule is OC1CC(c2cccc(Cl)c2)Oc2ccc(Br)cc21. The molecule has 2 aromatic rings. The molecule has 2 atom stereocenters. The Hall–Kier alpha value is -1.03. The zero-order chi connectivity index (χ0) is 13.4. The van der Waals surface area contributed by atoms with E-state index in [1.807, 2.05) is 42.5 Å². The number of hydrogen-bond acceptors (Lipinski definition) is 2. The van der Waals surface area contributed by atoms with Crippen LogP contribution in [0.1, 0.15) is 29.8 Å². The molecule has 0 radical (unpaired) electrons. The molecule has 0 bridgehead atoms. The van der Waals surface area contributed by atoms with Gasteiger partial charge in [0.2, 0.25) is 0 Å². The van der Waals surface area contributed by atoms with Gasteiger partial charge in [0.05, 0.1) is 6.10 Å². The molecule has 0 aliphatic carbocycles. The fourth-order valence-corrected chi connectivity index (χ4v) is 2.91. The summed E-state index contributed by atoms with van der Waals surface area (Å²) in [4.78, 5) is 0. The Labute approximate surface area is 125 Å². The van der Waals surface area contributed by atoms with Crippen LogP contribution < -0.4 is 4.74 Å². The molecular weight excluding hydrogens is 328 g/mol. The van der Waals surface area contributed by atoms with E-state index in [-0.39, 0.29) is 6.10 Å². The van der Waals surface area contributed by atoms with Gasteiger partial charge in [-0.1, -0.05) is 39.7 Å². The molecule has 19 heavy (non-hydrogen) atoms. The molecule has 0 saturated carbocycles. The highest BCUT2D eigenvalue weighted by molar-refractivity contribution is 9.10. The first-order valence-corrected chi connectivity index (χ1v) is 7.20. The first-order valence-electron chi connectivity index (χ1n) is 6.03. The number of hydrogen-bond donors (Lipinski definition) is 1. The smallest absolute Gasteiger partial charge is 0.127 e. The molecule has 1 heterocycles. The molecule has 98 valence electrons. The van der Waals surface area contributed by atoms with Gasteiger partial charge in [0.15, 0.2) is 0 Å². The summed E-state index contributed by atoms with van der Waals surface area (Å²) in [5.74, 6) is 0.729. The van der Waals surface area contributed by atoms with Crippen molar-refractivity contribution in [3.63, 3.8) is 0 Å². The van der Waals surface area contributed by atoms with Crippen molar-refractivity contribution in [3.8, 4) is 5.75 Å². The van der Waals surface area contributed by atoms with E-state index in [0.29, 0.717) is 11.4 Å². The highest BCUT2D eigenvalue weighted by Gasteiger charge is 2.28. The Morgan fingerprint density at radius 3 is 2.84 bits per heavy atom. The second-order valence-corrected chi connectivity index (χ2v) is 5.95. The van der Waals surface area contributed by atoms with Gasteiger partial charge in [-0.05, 0) is 35.9 Å². The third kappa shape index (κ3) is 2.64. The van der Waals surface area contributed by atoms with Crippen LogP contribution in [0.25, 0.3) is 0 Å². The van der Waals surface area contributed by atoms with Crippen molar-refractivity contribution >= 4 is 27.5 Å². The van der Waals surface area contributed by atoms with Gasteiger partial charge in [-0.3, -0.25) is 0 Å². The summed E-state index contributed by atoms with van der Waals surface area (Å²) in [5, 5.41) is 10.9. The summed E-state index contributed by atoms with van der Waals surface area (Å²) in [5.41, 5.74) is 1.81. The minimum absolute atomic E-state index is 0.164. The van der Waals surface area contributed by atoms with Gasteiger partial charge in [-0.15, -0.1) is 0 Å². The average Bonchev–Trinajstić information content (AvgIpc) is 2.39. The molecule has 1 N–H and O–H groups in total. The van der Waals surface area contributed by atoms with Crippen LogP contribution in [-0.2, 0) is 0 Å². The molecule has 1 aliphatic heterocycles. The van der Waals surface area contributed by atoms with Gasteiger partial charge < -0.3 is 9.84 Å². The third-order valence-corrected chi connectivity index (χ3v) is 3.99. The van der Waals surface area contributed by atoms with E-state index in [2.05, 4.69) is 15.9 Å². The van der Waals surface area contributed by atoms with Crippen molar-refractivity contribution in [2.75, 3.05) is 0 Å². The van der Waals surface area contributed by atoms with Gasteiger partial charge in [0, 0.05) is 21.5 Å². The van der Waals surface area contributed by atoms with Crippen LogP contribution in [0.2, 0.25) is 5.02 Å². The molecule has 2 unspecified atom stereocenters. The minimum atomic E-state index is -0.523. The summed E-state index contributed by atoms with van der Waals surface area (Å²) in [6.07, 6.45) is -0.156. The second kappa shape index (κ2) is 5.16. The first kappa shape index (κ1) is 13.0. The number of ether oxygens (including phenoxy) is 1. The van der Waals surface area contributed by atoms with Gasteiger partial charge in [-0.25, -0.2) is 0 Å². The molecule has 2 aromatic carbocycles. The normalized spacial score (nSPS) is 21.6. The average molecular weight is 340 g/mol. The summed E-state index contributed by atoms with van der Waals surface area (Å²) in [6.45, 7) is 0. The maximum Gasteiger partial charge on any atom is 0.127 e. The molecule has 2 nitrogen and oxygen atoms in total. The van der Waals surface area contributed by atoms with Crippen molar-refractivity contribution in [3.05, 3.63) is 63.1 Å². The topological polar surface area (TPSA) is 29.5 Å². The number of aliphatic hydroxyl groups is 1. The van der Waals surface area contributed by atoms with E-state index in [4.69, 9.17) is 16.3 Å². The largest absolute Gasteiger partial charge is 0.485 e. The maximum absolute atomic E-state index is 10.3. The van der Waals surface area contributed by atoms with E-state index < -0.39 is 6.10 Å². The van der Waals surface area contributed by atoms with Crippen LogP contribution in [-0.4, -0.2) is 5.11 Å². The van der Waals surface area contributed by atoms with Crippen LogP contribution in [0.4, 0.5) is 0 Å². The third-order valence-electron chi connectivity index (χ3n) is 3.26. The number of benzene rings is 2. The lowest BCUT2D eigenvalue weighted by Gasteiger charge is -2.30. The Bertz CT molecular complexity index is 615. The second-order valence-electron chi connectivity index (χ2n) is 4.60. The molecular formula is C15H12BrClO2. The monoisotopic (exact) mass is 338 g/mol. The first-order chi connectivity index (χ1) is 9.13. The van der Waals surface area contributed by atoms with Crippen molar-refractivity contribution in [2.45, 2.75) is 18.6 Å². The van der Waals surface area contributed by atoms with Crippen LogP contribution >= 0.6 is 27.5 Å².